The molecule has 4 rings (SSSR count). The number of nitrogens with one attached hydrogen (secondary N) is 3. The van der Waals surface area contributed by atoms with Crippen LogP contribution in [0.15, 0.2) is 101 Å². The average Bonchev–Trinajstić information content (AvgIpc) is 2.89. The number of methoxy groups -OCH3 is 1. The number of hydrogen-bond donors (Lipinski definition) is 3. The number of ether oxygens (including phenoxy) is 1. The van der Waals surface area contributed by atoms with Crippen LogP contribution in [0.3, 0.4) is 0 Å². The second kappa shape index (κ2) is 11.1. The van der Waals surface area contributed by atoms with Crippen LogP contribution in [0, 0.1) is 12.7 Å². The number of aryl methyl sites for hydroxylation is 1. The number of benzene rings is 4. The molecule has 0 saturated heterocycles. The number of para-hydroxylation sites is 3. The highest BCUT2D eigenvalue weighted by atomic mass is 32.2. The van der Waals surface area contributed by atoms with Crippen molar-refractivity contribution >= 4 is 43.0 Å². The molecule has 3 N–H and O–H groups in total. The number of amides is 1. The minimum absolute atomic E-state index is 0.00105. The topological polar surface area (TPSA) is 131 Å². The molecule has 4 aromatic carbocycles. The molecule has 0 spiro atoms. The number of carbonyl (C=O) groups excluding carboxylic acids is 1. The molecule has 0 radical (unpaired) electrons. The number of carbonyl (C=O) groups is 1. The molecule has 0 saturated carbocycles. The van der Waals surface area contributed by atoms with Crippen molar-refractivity contribution < 1.29 is 30.8 Å². The zero-order valence-corrected chi connectivity index (χ0v) is 22.4. The van der Waals surface area contributed by atoms with Crippen LogP contribution in [0.1, 0.15) is 15.9 Å². The molecule has 202 valence electrons. The molecule has 39 heavy (non-hydrogen) atoms. The average molecular weight is 570 g/mol. The summed E-state index contributed by atoms with van der Waals surface area (Å²) in [4.78, 5) is 12.9. The number of halogens is 1. The van der Waals surface area contributed by atoms with Gasteiger partial charge in [-0.3, -0.25) is 14.2 Å². The normalized spacial score (nSPS) is 11.5. The lowest BCUT2D eigenvalue weighted by atomic mass is 10.1. The summed E-state index contributed by atoms with van der Waals surface area (Å²) in [5.74, 6) is -0.857. The number of anilines is 3. The summed E-state index contributed by atoms with van der Waals surface area (Å²) in [7, 11) is -6.64. The highest BCUT2D eigenvalue weighted by Crippen LogP contribution is 2.28. The molecule has 9 nitrogen and oxygen atoms in total. The summed E-state index contributed by atoms with van der Waals surface area (Å²) in [5, 5.41) is 2.66. The Bertz CT molecular complexity index is 1740. The van der Waals surface area contributed by atoms with Gasteiger partial charge in [0.2, 0.25) is 0 Å². The Hall–Kier alpha value is -4.42. The molecule has 0 heterocycles. The fourth-order valence-electron chi connectivity index (χ4n) is 3.74. The van der Waals surface area contributed by atoms with Crippen molar-refractivity contribution in [3.05, 3.63) is 108 Å². The summed E-state index contributed by atoms with van der Waals surface area (Å²) < 4.78 is 74.8. The van der Waals surface area contributed by atoms with Gasteiger partial charge < -0.3 is 10.1 Å². The van der Waals surface area contributed by atoms with Gasteiger partial charge in [-0.1, -0.05) is 24.3 Å². The van der Waals surface area contributed by atoms with E-state index in [-0.39, 0.29) is 26.7 Å². The maximum absolute atomic E-state index is 13.2. The highest BCUT2D eigenvalue weighted by molar-refractivity contribution is 7.93. The highest BCUT2D eigenvalue weighted by Gasteiger charge is 2.21. The van der Waals surface area contributed by atoms with Crippen LogP contribution in [0.25, 0.3) is 0 Å². The lowest BCUT2D eigenvalue weighted by molar-refractivity contribution is 0.102. The van der Waals surface area contributed by atoms with Gasteiger partial charge in [0.15, 0.2) is 0 Å². The third kappa shape index (κ3) is 6.36. The van der Waals surface area contributed by atoms with E-state index in [1.165, 1.54) is 37.4 Å². The Labute approximate surface area is 225 Å². The molecule has 0 bridgehead atoms. The second-order valence-electron chi connectivity index (χ2n) is 8.35. The van der Waals surface area contributed by atoms with Crippen LogP contribution < -0.4 is 19.5 Å². The van der Waals surface area contributed by atoms with Gasteiger partial charge in [-0.15, -0.1) is 0 Å². The van der Waals surface area contributed by atoms with Crippen molar-refractivity contribution in [3.63, 3.8) is 0 Å². The molecule has 0 aromatic heterocycles. The molecule has 0 unspecified atom stereocenters. The third-order valence-corrected chi connectivity index (χ3v) is 8.52. The van der Waals surface area contributed by atoms with Crippen molar-refractivity contribution in [1.82, 2.24) is 0 Å². The first-order valence-electron chi connectivity index (χ1n) is 11.5. The van der Waals surface area contributed by atoms with Crippen LogP contribution in [0.5, 0.6) is 5.75 Å². The van der Waals surface area contributed by atoms with Gasteiger partial charge >= 0.3 is 0 Å². The SMILES string of the molecule is COc1ccccc1NS(=O)(=O)c1ccc(NC(=O)c2ccccc2NS(=O)(=O)c2ccc(F)cc2)cc1C. The maximum Gasteiger partial charge on any atom is 0.262 e. The van der Waals surface area contributed by atoms with Crippen molar-refractivity contribution in [2.24, 2.45) is 0 Å². The van der Waals surface area contributed by atoms with E-state index in [1.807, 2.05) is 0 Å². The van der Waals surface area contributed by atoms with Crippen LogP contribution in [0.2, 0.25) is 0 Å². The van der Waals surface area contributed by atoms with Gasteiger partial charge in [0, 0.05) is 5.69 Å². The molecule has 0 aliphatic rings. The molecule has 0 fully saturated rings. The van der Waals surface area contributed by atoms with E-state index < -0.39 is 31.8 Å². The molecule has 0 atom stereocenters. The van der Waals surface area contributed by atoms with Crippen molar-refractivity contribution in [1.29, 1.82) is 0 Å². The summed E-state index contributed by atoms with van der Waals surface area (Å²) >= 11 is 0. The summed E-state index contributed by atoms with van der Waals surface area (Å²) in [6.07, 6.45) is 0. The Morgan fingerprint density at radius 2 is 1.38 bits per heavy atom. The molecular weight excluding hydrogens is 545 g/mol. The zero-order chi connectivity index (χ0) is 28.2. The van der Waals surface area contributed by atoms with Gasteiger partial charge in [0.25, 0.3) is 26.0 Å². The molecule has 1 amide bonds. The van der Waals surface area contributed by atoms with Gasteiger partial charge in [-0.2, -0.15) is 0 Å². The van der Waals surface area contributed by atoms with Crippen molar-refractivity contribution in [2.45, 2.75) is 16.7 Å². The van der Waals surface area contributed by atoms with Crippen LogP contribution in [-0.2, 0) is 20.0 Å². The minimum Gasteiger partial charge on any atom is -0.495 e. The summed E-state index contributed by atoms with van der Waals surface area (Å²) in [5.41, 5.74) is 0.966. The molecule has 12 heteroatoms. The quantitative estimate of drug-likeness (QED) is 0.260. The summed E-state index contributed by atoms with van der Waals surface area (Å²) in [6, 6.07) is 21.1. The first-order chi connectivity index (χ1) is 18.5. The van der Waals surface area contributed by atoms with E-state index in [4.69, 9.17) is 4.74 Å². The van der Waals surface area contributed by atoms with Crippen molar-refractivity contribution in [2.75, 3.05) is 21.9 Å². The first kappa shape index (κ1) is 27.6. The van der Waals surface area contributed by atoms with Gasteiger partial charge in [-0.05, 0) is 79.2 Å². The Balaban J connectivity index is 1.54. The van der Waals surface area contributed by atoms with E-state index >= 15 is 0 Å². The van der Waals surface area contributed by atoms with Gasteiger partial charge in [0.05, 0.1) is 33.8 Å². The molecule has 0 aliphatic heterocycles. The van der Waals surface area contributed by atoms with Gasteiger partial charge in [0.1, 0.15) is 11.6 Å². The fourth-order valence-corrected chi connectivity index (χ4v) is 6.12. The van der Waals surface area contributed by atoms with E-state index in [0.717, 1.165) is 24.3 Å². The molecule has 4 aromatic rings. The maximum atomic E-state index is 13.2. The Kier molecular flexibility index (Phi) is 7.88. The van der Waals surface area contributed by atoms with E-state index in [0.29, 0.717) is 17.0 Å². The van der Waals surface area contributed by atoms with Gasteiger partial charge in [-0.25, -0.2) is 21.2 Å². The molecular formula is C27H24FN3O6S2. The first-order valence-corrected chi connectivity index (χ1v) is 14.4. The predicted octanol–water partition coefficient (Wildman–Crippen LogP) is 5.00. The number of sulfonamides is 2. The van der Waals surface area contributed by atoms with E-state index in [9.17, 15) is 26.0 Å². The third-order valence-electron chi connectivity index (χ3n) is 5.61. The minimum atomic E-state index is -4.10. The standard InChI is InChI=1S/C27H24FN3O6S2/c1-18-17-20(13-16-26(18)39(35,36)31-24-9-5-6-10-25(24)37-2)29-27(32)22-7-3-4-8-23(22)30-38(33,34)21-14-11-19(28)12-15-21/h3-17,30-31H,1-2H3,(H,29,32). The molecule has 0 aliphatic carbocycles. The van der Waals surface area contributed by atoms with Crippen molar-refractivity contribution in [3.8, 4) is 5.75 Å². The number of hydrogen-bond acceptors (Lipinski definition) is 6. The summed E-state index contributed by atoms with van der Waals surface area (Å²) in [6.45, 7) is 1.58. The Morgan fingerprint density at radius 1 is 0.769 bits per heavy atom. The van der Waals surface area contributed by atoms with E-state index in [1.54, 1.807) is 43.3 Å². The van der Waals surface area contributed by atoms with Crippen LogP contribution >= 0.6 is 0 Å². The smallest absolute Gasteiger partial charge is 0.262 e. The number of rotatable bonds is 9. The van der Waals surface area contributed by atoms with Crippen LogP contribution in [-0.4, -0.2) is 29.9 Å². The largest absolute Gasteiger partial charge is 0.495 e. The lowest BCUT2D eigenvalue weighted by Gasteiger charge is -2.15. The zero-order valence-electron chi connectivity index (χ0n) is 20.8. The lowest BCUT2D eigenvalue weighted by Crippen LogP contribution is -2.19. The fraction of sp³-hybridized carbons (Fsp3) is 0.0741. The Morgan fingerprint density at radius 3 is 2.05 bits per heavy atom. The second-order valence-corrected chi connectivity index (χ2v) is 11.7. The monoisotopic (exact) mass is 569 g/mol. The van der Waals surface area contributed by atoms with Crippen LogP contribution in [0.4, 0.5) is 21.5 Å². The van der Waals surface area contributed by atoms with E-state index in [2.05, 4.69) is 14.8 Å². The predicted molar refractivity (Wildman–Crippen MR) is 147 cm³/mol.